The Labute approximate surface area is 207 Å². The third-order valence-corrected chi connectivity index (χ3v) is 6.54. The maximum Gasteiger partial charge on any atom is 0.133 e. The molecule has 31 heavy (non-hydrogen) atoms. The Kier molecular flexibility index (Phi) is 6.39. The number of pyridine rings is 2. The highest BCUT2D eigenvalue weighted by Crippen LogP contribution is 2.33. The van der Waals surface area contributed by atoms with E-state index in [2.05, 4.69) is 45.2 Å². The molecule has 0 saturated heterocycles. The number of rotatable bonds is 4. The van der Waals surface area contributed by atoms with Gasteiger partial charge in [-0.25, -0.2) is 8.78 Å². The molecule has 2 heterocycles. The first-order valence-electron chi connectivity index (χ1n) is 9.61. The molecule has 4 aromatic rings. The molecule has 0 amide bonds. The highest BCUT2D eigenvalue weighted by atomic mass is 127. The number of nitrogens with zero attached hydrogens (tertiary/aromatic N) is 2. The summed E-state index contributed by atoms with van der Waals surface area (Å²) in [5.41, 5.74) is 3.01. The van der Waals surface area contributed by atoms with E-state index < -0.39 is 5.41 Å². The molecule has 0 bridgehead atoms. The lowest BCUT2D eigenvalue weighted by Crippen LogP contribution is -2.22. The smallest absolute Gasteiger partial charge is 0.133 e. The van der Waals surface area contributed by atoms with Gasteiger partial charge in [-0.2, -0.15) is 0 Å². The second-order valence-corrected chi connectivity index (χ2v) is 10.2. The fourth-order valence-electron chi connectivity index (χ4n) is 3.39. The molecule has 0 N–H and O–H groups in total. The zero-order valence-corrected chi connectivity index (χ0v) is 21.1. The molecule has 0 spiro atoms. The van der Waals surface area contributed by atoms with Crippen LogP contribution in [0.2, 0.25) is 0 Å². The first kappa shape index (κ1) is 22.3. The Hall–Kier alpha value is -1.94. The van der Waals surface area contributed by atoms with E-state index in [1.807, 2.05) is 50.2 Å². The summed E-state index contributed by atoms with van der Waals surface area (Å²) in [6.45, 7) is 4.03. The van der Waals surface area contributed by atoms with Crippen molar-refractivity contribution in [1.29, 1.82) is 0 Å². The van der Waals surface area contributed by atoms with E-state index >= 15 is 0 Å². The van der Waals surface area contributed by atoms with Crippen LogP contribution in [0.1, 0.15) is 25.2 Å². The van der Waals surface area contributed by atoms with Crippen molar-refractivity contribution in [2.45, 2.75) is 19.3 Å². The van der Waals surface area contributed by atoms with Gasteiger partial charge in [0.25, 0.3) is 0 Å². The van der Waals surface area contributed by atoms with Gasteiger partial charge < -0.3 is 0 Å². The Bertz CT molecular complexity index is 1180. The highest BCUT2D eigenvalue weighted by molar-refractivity contribution is 14.1. The van der Waals surface area contributed by atoms with Crippen molar-refractivity contribution in [2.24, 2.45) is 0 Å². The first-order chi connectivity index (χ1) is 14.8. The molecule has 6 heteroatoms. The van der Waals surface area contributed by atoms with E-state index in [0.29, 0.717) is 22.5 Å². The topological polar surface area (TPSA) is 25.8 Å². The summed E-state index contributed by atoms with van der Waals surface area (Å²) in [6.07, 6.45) is 0. The van der Waals surface area contributed by atoms with Gasteiger partial charge in [0, 0.05) is 23.7 Å². The fourth-order valence-corrected chi connectivity index (χ4v) is 4.30. The Morgan fingerprint density at radius 3 is 1.45 bits per heavy atom. The van der Waals surface area contributed by atoms with E-state index in [9.17, 15) is 8.78 Å². The summed E-state index contributed by atoms with van der Waals surface area (Å²) in [6, 6.07) is 21.4. The zero-order chi connectivity index (χ0) is 22.2. The van der Waals surface area contributed by atoms with Crippen LogP contribution in [0.3, 0.4) is 0 Å². The standard InChI is InChI=1S/C25H18F2I2N2/c1-25(2,23-7-3-5-21(30-23)17-11-9-15(28)13-19(17)26)24-8-4-6-22(31-24)18-12-10-16(29)14-20(18)27/h3-14H,1-2H3. The van der Waals surface area contributed by atoms with Gasteiger partial charge in [-0.15, -0.1) is 0 Å². The van der Waals surface area contributed by atoms with E-state index in [1.54, 1.807) is 24.3 Å². The van der Waals surface area contributed by atoms with Gasteiger partial charge in [-0.05, 0) is 120 Å². The maximum atomic E-state index is 14.5. The van der Waals surface area contributed by atoms with Crippen LogP contribution < -0.4 is 0 Å². The van der Waals surface area contributed by atoms with Crippen molar-refractivity contribution in [3.05, 3.63) is 103 Å². The second kappa shape index (κ2) is 8.90. The minimum Gasteiger partial charge on any atom is -0.252 e. The largest absolute Gasteiger partial charge is 0.252 e. The van der Waals surface area contributed by atoms with Crippen LogP contribution in [0.4, 0.5) is 8.78 Å². The predicted molar refractivity (Wildman–Crippen MR) is 137 cm³/mol. The third-order valence-electron chi connectivity index (χ3n) is 5.19. The van der Waals surface area contributed by atoms with Gasteiger partial charge in [-0.3, -0.25) is 9.97 Å². The molecular formula is C25H18F2I2N2. The molecule has 0 aliphatic rings. The summed E-state index contributed by atoms with van der Waals surface area (Å²) in [5, 5.41) is 0. The van der Waals surface area contributed by atoms with Gasteiger partial charge >= 0.3 is 0 Å². The first-order valence-corrected chi connectivity index (χ1v) is 11.8. The van der Waals surface area contributed by atoms with Crippen molar-refractivity contribution >= 4 is 45.2 Å². The van der Waals surface area contributed by atoms with E-state index in [0.717, 1.165) is 18.5 Å². The molecule has 0 saturated carbocycles. The quantitative estimate of drug-likeness (QED) is 0.215. The molecule has 0 radical (unpaired) electrons. The van der Waals surface area contributed by atoms with Gasteiger partial charge in [-0.1, -0.05) is 12.1 Å². The van der Waals surface area contributed by atoms with Crippen molar-refractivity contribution in [2.75, 3.05) is 0 Å². The highest BCUT2D eigenvalue weighted by Gasteiger charge is 2.27. The van der Waals surface area contributed by atoms with Crippen LogP contribution in [0.15, 0.2) is 72.8 Å². The van der Waals surface area contributed by atoms with Crippen molar-refractivity contribution in [3.8, 4) is 22.5 Å². The molecule has 0 fully saturated rings. The third kappa shape index (κ3) is 4.64. The molecule has 0 aliphatic heterocycles. The molecule has 0 atom stereocenters. The molecule has 156 valence electrons. The minimum atomic E-state index is -0.564. The lowest BCUT2D eigenvalue weighted by atomic mass is 9.84. The SMILES string of the molecule is CC(C)(c1cccc(-c2ccc(I)cc2F)n1)c1cccc(-c2ccc(I)cc2F)n1. The Morgan fingerprint density at radius 2 is 1.06 bits per heavy atom. The van der Waals surface area contributed by atoms with E-state index in [-0.39, 0.29) is 11.6 Å². The van der Waals surface area contributed by atoms with Crippen molar-refractivity contribution in [3.63, 3.8) is 0 Å². The maximum absolute atomic E-state index is 14.5. The van der Waals surface area contributed by atoms with Crippen molar-refractivity contribution in [1.82, 2.24) is 9.97 Å². The van der Waals surface area contributed by atoms with Gasteiger partial charge in [0.15, 0.2) is 0 Å². The summed E-state index contributed by atoms with van der Waals surface area (Å²) in [7, 11) is 0. The van der Waals surface area contributed by atoms with E-state index in [4.69, 9.17) is 9.97 Å². The number of hydrogen-bond donors (Lipinski definition) is 0. The van der Waals surface area contributed by atoms with Crippen LogP contribution in [0, 0.1) is 18.8 Å². The minimum absolute atomic E-state index is 0.302. The molecule has 2 aromatic heterocycles. The average molecular weight is 638 g/mol. The van der Waals surface area contributed by atoms with Gasteiger partial charge in [0.05, 0.1) is 22.8 Å². The summed E-state index contributed by atoms with van der Waals surface area (Å²) >= 11 is 4.17. The Morgan fingerprint density at radius 1 is 0.645 bits per heavy atom. The lowest BCUT2D eigenvalue weighted by molar-refractivity contribution is 0.594. The van der Waals surface area contributed by atoms with Crippen molar-refractivity contribution < 1.29 is 8.78 Å². The van der Waals surface area contributed by atoms with Gasteiger partial charge in [0.1, 0.15) is 11.6 Å². The summed E-state index contributed by atoms with van der Waals surface area (Å²) in [5.74, 6) is -0.604. The summed E-state index contributed by atoms with van der Waals surface area (Å²) in [4.78, 5) is 9.51. The number of hydrogen-bond acceptors (Lipinski definition) is 2. The Balaban J connectivity index is 1.75. The zero-order valence-electron chi connectivity index (χ0n) is 16.8. The lowest BCUT2D eigenvalue weighted by Gasteiger charge is -2.25. The second-order valence-electron chi connectivity index (χ2n) is 7.69. The normalized spacial score (nSPS) is 11.5. The molecular weight excluding hydrogens is 620 g/mol. The van der Waals surface area contributed by atoms with Crippen LogP contribution in [-0.4, -0.2) is 9.97 Å². The molecule has 4 rings (SSSR count). The van der Waals surface area contributed by atoms with Crippen LogP contribution in [0.5, 0.6) is 0 Å². The summed E-state index contributed by atoms with van der Waals surface area (Å²) < 4.78 is 30.7. The van der Waals surface area contributed by atoms with Crippen LogP contribution in [0.25, 0.3) is 22.5 Å². The number of halogens is 4. The fraction of sp³-hybridized carbons (Fsp3) is 0.120. The predicted octanol–water partition coefficient (Wildman–Crippen LogP) is 7.62. The molecule has 2 nitrogen and oxygen atoms in total. The molecule has 2 aromatic carbocycles. The van der Waals surface area contributed by atoms with Crippen LogP contribution in [-0.2, 0) is 5.41 Å². The van der Waals surface area contributed by atoms with Gasteiger partial charge in [0.2, 0.25) is 0 Å². The van der Waals surface area contributed by atoms with E-state index in [1.165, 1.54) is 12.1 Å². The molecule has 0 unspecified atom stereocenters. The molecule has 0 aliphatic carbocycles. The number of benzene rings is 2. The monoisotopic (exact) mass is 638 g/mol. The van der Waals surface area contributed by atoms with Crippen LogP contribution >= 0.6 is 45.2 Å². The average Bonchev–Trinajstić information content (AvgIpc) is 2.74. The number of aromatic nitrogens is 2.